The van der Waals surface area contributed by atoms with E-state index in [1.165, 1.54) is 0 Å². The van der Waals surface area contributed by atoms with Crippen molar-refractivity contribution < 1.29 is 9.53 Å². The van der Waals surface area contributed by atoms with Crippen LogP contribution < -0.4 is 10.2 Å². The molecule has 4 nitrogen and oxygen atoms in total. The van der Waals surface area contributed by atoms with Crippen LogP contribution >= 0.6 is 15.9 Å². The number of hydrogen-bond donors (Lipinski definition) is 1. The molecule has 1 aliphatic rings. The number of halogens is 1. The van der Waals surface area contributed by atoms with E-state index in [1.54, 1.807) is 0 Å². The minimum Gasteiger partial charge on any atom is -0.378 e. The summed E-state index contributed by atoms with van der Waals surface area (Å²) in [7, 11) is 0. The molecule has 0 aliphatic carbocycles. The smallest absolute Gasteiger partial charge is 0.225 e. The number of carbonyl (C=O) groups is 1. The molecule has 1 aromatic rings. The molecule has 18 heavy (non-hydrogen) atoms. The van der Waals surface area contributed by atoms with Gasteiger partial charge >= 0.3 is 0 Å². The van der Waals surface area contributed by atoms with E-state index < -0.39 is 0 Å². The minimum atomic E-state index is 0.0348. The Hall–Kier alpha value is -1.07. The highest BCUT2D eigenvalue weighted by Crippen LogP contribution is 2.26. The van der Waals surface area contributed by atoms with Gasteiger partial charge in [-0.3, -0.25) is 4.79 Å². The van der Waals surface area contributed by atoms with Crippen LogP contribution in [0.3, 0.4) is 0 Å². The lowest BCUT2D eigenvalue weighted by Gasteiger charge is -2.30. The van der Waals surface area contributed by atoms with Crippen molar-refractivity contribution in [3.63, 3.8) is 0 Å². The summed E-state index contributed by atoms with van der Waals surface area (Å²) in [5.41, 5.74) is 1.95. The van der Waals surface area contributed by atoms with E-state index in [9.17, 15) is 4.79 Å². The standard InChI is InChI=1S/C13H17BrN2O2/c14-6-5-13(17)15-11-3-1-2-4-12(11)16-7-9-18-10-8-16/h1-4H,5-10H2,(H,15,17). The molecule has 1 fully saturated rings. The van der Waals surface area contributed by atoms with Gasteiger partial charge in [-0.15, -0.1) is 0 Å². The van der Waals surface area contributed by atoms with E-state index in [0.717, 1.165) is 37.7 Å². The van der Waals surface area contributed by atoms with Gasteiger partial charge in [0.1, 0.15) is 0 Å². The molecule has 5 heteroatoms. The number of morpholine rings is 1. The molecule has 1 amide bonds. The Morgan fingerprint density at radius 3 is 2.78 bits per heavy atom. The normalized spacial score (nSPS) is 15.5. The van der Waals surface area contributed by atoms with Gasteiger partial charge in [0.25, 0.3) is 0 Å². The van der Waals surface area contributed by atoms with Crippen molar-refractivity contribution in [3.8, 4) is 0 Å². The molecule has 1 heterocycles. The number of benzene rings is 1. The molecule has 0 aromatic heterocycles. The first-order chi connectivity index (χ1) is 8.81. The number of ether oxygens (including phenoxy) is 1. The van der Waals surface area contributed by atoms with Crippen molar-refractivity contribution in [1.82, 2.24) is 0 Å². The fourth-order valence-corrected chi connectivity index (χ4v) is 2.32. The average molecular weight is 313 g/mol. The average Bonchev–Trinajstić information content (AvgIpc) is 2.40. The first-order valence-corrected chi connectivity index (χ1v) is 7.21. The van der Waals surface area contributed by atoms with E-state index in [-0.39, 0.29) is 5.91 Å². The summed E-state index contributed by atoms with van der Waals surface area (Å²) in [4.78, 5) is 13.9. The third kappa shape index (κ3) is 3.46. The highest BCUT2D eigenvalue weighted by Gasteiger charge is 2.15. The van der Waals surface area contributed by atoms with Crippen molar-refractivity contribution in [3.05, 3.63) is 24.3 Å². The summed E-state index contributed by atoms with van der Waals surface area (Å²) in [5.74, 6) is 0.0348. The van der Waals surface area contributed by atoms with E-state index >= 15 is 0 Å². The van der Waals surface area contributed by atoms with Crippen molar-refractivity contribution in [2.45, 2.75) is 6.42 Å². The van der Waals surface area contributed by atoms with E-state index in [4.69, 9.17) is 4.74 Å². The van der Waals surface area contributed by atoms with Gasteiger partial charge in [0.2, 0.25) is 5.91 Å². The lowest BCUT2D eigenvalue weighted by molar-refractivity contribution is -0.115. The zero-order valence-corrected chi connectivity index (χ0v) is 11.8. The van der Waals surface area contributed by atoms with E-state index in [0.29, 0.717) is 11.8 Å². The van der Waals surface area contributed by atoms with Crippen LogP contribution in [-0.4, -0.2) is 37.5 Å². The molecule has 0 unspecified atom stereocenters. The molecule has 98 valence electrons. The SMILES string of the molecule is O=C(CCBr)Nc1ccccc1N1CCOCC1. The van der Waals surface area contributed by atoms with Crippen LogP contribution in [0.1, 0.15) is 6.42 Å². The van der Waals surface area contributed by atoms with Crippen molar-refractivity contribution >= 4 is 33.2 Å². The maximum absolute atomic E-state index is 11.7. The predicted octanol–water partition coefficient (Wildman–Crippen LogP) is 2.25. The molecule has 1 saturated heterocycles. The molecule has 0 spiro atoms. The predicted molar refractivity (Wildman–Crippen MR) is 76.5 cm³/mol. The second-order valence-corrected chi connectivity index (χ2v) is 4.90. The molecular formula is C13H17BrN2O2. The van der Waals surface area contributed by atoms with Crippen LogP contribution in [0.4, 0.5) is 11.4 Å². The highest BCUT2D eigenvalue weighted by atomic mass is 79.9. The molecule has 0 bridgehead atoms. The maximum Gasteiger partial charge on any atom is 0.225 e. The Bertz CT molecular complexity index is 406. The summed E-state index contributed by atoms with van der Waals surface area (Å²) in [6, 6.07) is 7.91. The number of anilines is 2. The Morgan fingerprint density at radius 2 is 2.06 bits per heavy atom. The molecule has 0 atom stereocenters. The zero-order valence-electron chi connectivity index (χ0n) is 10.2. The van der Waals surface area contributed by atoms with Gasteiger partial charge in [-0.25, -0.2) is 0 Å². The summed E-state index contributed by atoms with van der Waals surface area (Å²) >= 11 is 3.27. The summed E-state index contributed by atoms with van der Waals surface area (Å²) in [6.07, 6.45) is 0.484. The summed E-state index contributed by atoms with van der Waals surface area (Å²) in [5, 5.41) is 3.64. The molecule has 1 aromatic carbocycles. The molecule has 2 rings (SSSR count). The summed E-state index contributed by atoms with van der Waals surface area (Å²) in [6.45, 7) is 3.21. The van der Waals surface area contributed by atoms with E-state index in [1.807, 2.05) is 24.3 Å². The number of nitrogens with zero attached hydrogens (tertiary/aromatic N) is 1. The van der Waals surface area contributed by atoms with Crippen molar-refractivity contribution in [2.24, 2.45) is 0 Å². The third-order valence-electron chi connectivity index (χ3n) is 2.85. The molecule has 0 saturated carbocycles. The van der Waals surface area contributed by atoms with Gasteiger partial charge < -0.3 is 15.0 Å². The quantitative estimate of drug-likeness (QED) is 0.867. The maximum atomic E-state index is 11.7. The Balaban J connectivity index is 2.11. The van der Waals surface area contributed by atoms with Gasteiger partial charge in [-0.05, 0) is 12.1 Å². The van der Waals surface area contributed by atoms with E-state index in [2.05, 4.69) is 26.1 Å². The molecule has 1 N–H and O–H groups in total. The van der Waals surface area contributed by atoms with Crippen molar-refractivity contribution in [2.75, 3.05) is 41.9 Å². The van der Waals surface area contributed by atoms with Gasteiger partial charge in [-0.2, -0.15) is 0 Å². The minimum absolute atomic E-state index is 0.0348. The van der Waals surface area contributed by atoms with Gasteiger partial charge in [-0.1, -0.05) is 28.1 Å². The van der Waals surface area contributed by atoms with Crippen LogP contribution in [0.2, 0.25) is 0 Å². The van der Waals surface area contributed by atoms with Gasteiger partial charge in [0.15, 0.2) is 0 Å². The number of carbonyl (C=O) groups excluding carboxylic acids is 1. The monoisotopic (exact) mass is 312 g/mol. The van der Waals surface area contributed by atoms with Crippen LogP contribution in [0.15, 0.2) is 24.3 Å². The van der Waals surface area contributed by atoms with Gasteiger partial charge in [0, 0.05) is 24.8 Å². The van der Waals surface area contributed by atoms with Gasteiger partial charge in [0.05, 0.1) is 24.6 Å². The topological polar surface area (TPSA) is 41.6 Å². The fraction of sp³-hybridized carbons (Fsp3) is 0.462. The number of amides is 1. The number of rotatable bonds is 4. The second kappa shape index (κ2) is 6.75. The Labute approximate surface area is 115 Å². The molecule has 0 radical (unpaired) electrons. The number of hydrogen-bond acceptors (Lipinski definition) is 3. The zero-order chi connectivity index (χ0) is 12.8. The lowest BCUT2D eigenvalue weighted by atomic mass is 10.2. The van der Waals surface area contributed by atoms with Crippen LogP contribution in [0.5, 0.6) is 0 Å². The van der Waals surface area contributed by atoms with Crippen LogP contribution in [-0.2, 0) is 9.53 Å². The lowest BCUT2D eigenvalue weighted by Crippen LogP contribution is -2.36. The third-order valence-corrected chi connectivity index (χ3v) is 3.25. The summed E-state index contributed by atoms with van der Waals surface area (Å²) < 4.78 is 5.35. The first kappa shape index (κ1) is 13.4. The second-order valence-electron chi connectivity index (χ2n) is 4.10. The molecule has 1 aliphatic heterocycles. The largest absolute Gasteiger partial charge is 0.378 e. The number of alkyl halides is 1. The Kier molecular flexibility index (Phi) is 5.01. The Morgan fingerprint density at radius 1 is 1.33 bits per heavy atom. The fourth-order valence-electron chi connectivity index (χ4n) is 1.96. The number of para-hydroxylation sites is 2. The van der Waals surface area contributed by atoms with Crippen molar-refractivity contribution in [1.29, 1.82) is 0 Å². The highest BCUT2D eigenvalue weighted by molar-refractivity contribution is 9.09. The molecular weight excluding hydrogens is 296 g/mol. The van der Waals surface area contributed by atoms with Crippen LogP contribution in [0.25, 0.3) is 0 Å². The number of nitrogens with one attached hydrogen (secondary N) is 1. The van der Waals surface area contributed by atoms with Crippen LogP contribution in [0, 0.1) is 0 Å². The first-order valence-electron chi connectivity index (χ1n) is 6.09.